The van der Waals surface area contributed by atoms with E-state index in [-0.39, 0.29) is 0 Å². The third-order valence-corrected chi connectivity index (χ3v) is 2.47. The van der Waals surface area contributed by atoms with Crippen LogP contribution < -0.4 is 4.74 Å². The van der Waals surface area contributed by atoms with Gasteiger partial charge in [-0.3, -0.25) is 0 Å². The Labute approximate surface area is 102 Å². The highest BCUT2D eigenvalue weighted by Gasteiger charge is 2.10. The highest BCUT2D eigenvalue weighted by Crippen LogP contribution is 2.30. The molecule has 1 N–H and O–H groups in total. The predicted octanol–water partition coefficient (Wildman–Crippen LogP) is 3.19. The first-order valence-electron chi connectivity index (χ1n) is 5.61. The summed E-state index contributed by atoms with van der Waals surface area (Å²) in [5, 5.41) is 8.79. The quantitative estimate of drug-likeness (QED) is 0.814. The molecule has 0 aliphatic heterocycles. The van der Waals surface area contributed by atoms with Gasteiger partial charge >= 0.3 is 5.97 Å². The highest BCUT2D eigenvalue weighted by molar-refractivity contribution is 5.90. The maximum absolute atomic E-state index is 10.7. The van der Waals surface area contributed by atoms with Crippen LogP contribution in [0.3, 0.4) is 0 Å². The van der Waals surface area contributed by atoms with Crippen LogP contribution >= 0.6 is 0 Å². The number of allylic oxidation sites excluding steroid dienone is 1. The van der Waals surface area contributed by atoms with Gasteiger partial charge in [-0.2, -0.15) is 0 Å². The number of carboxylic acids is 1. The smallest absolute Gasteiger partial charge is 0.328 e. The summed E-state index contributed by atoms with van der Waals surface area (Å²) in [6.45, 7) is 8.22. The first-order valence-corrected chi connectivity index (χ1v) is 5.61. The number of aryl methyl sites for hydroxylation is 2. The van der Waals surface area contributed by atoms with Crippen molar-refractivity contribution < 1.29 is 14.6 Å². The molecule has 3 heteroatoms. The van der Waals surface area contributed by atoms with Crippen LogP contribution in [0, 0.1) is 13.8 Å². The van der Waals surface area contributed by atoms with E-state index < -0.39 is 5.97 Å². The van der Waals surface area contributed by atoms with E-state index in [9.17, 15) is 4.79 Å². The van der Waals surface area contributed by atoms with Crippen molar-refractivity contribution in [1.82, 2.24) is 0 Å². The standard InChI is InChI=1S/C14H18O3/c1-5-17-14-11(4)6-9(2)7-12(14)10(3)8-13(15)16/h6-8H,5H2,1-4H3,(H,15,16)/b10-8+. The fourth-order valence-corrected chi connectivity index (χ4v) is 1.85. The molecule has 0 aliphatic carbocycles. The van der Waals surface area contributed by atoms with E-state index in [0.29, 0.717) is 12.2 Å². The summed E-state index contributed by atoms with van der Waals surface area (Å²) in [6.07, 6.45) is 1.21. The summed E-state index contributed by atoms with van der Waals surface area (Å²) in [4.78, 5) is 10.7. The lowest BCUT2D eigenvalue weighted by Gasteiger charge is -2.14. The van der Waals surface area contributed by atoms with Gasteiger partial charge in [-0.15, -0.1) is 0 Å². The zero-order valence-corrected chi connectivity index (χ0v) is 10.7. The molecule has 0 aliphatic rings. The molecule has 0 unspecified atom stereocenters. The number of hydrogen-bond acceptors (Lipinski definition) is 2. The molecule has 0 radical (unpaired) electrons. The van der Waals surface area contributed by atoms with E-state index in [1.165, 1.54) is 6.08 Å². The lowest BCUT2D eigenvalue weighted by Crippen LogP contribution is -2.00. The number of aliphatic carboxylic acids is 1. The molecule has 0 aromatic heterocycles. The summed E-state index contributed by atoms with van der Waals surface area (Å²) in [5.74, 6) is -0.169. The molecular formula is C14H18O3. The van der Waals surface area contributed by atoms with Gasteiger partial charge in [0.05, 0.1) is 6.61 Å². The van der Waals surface area contributed by atoms with E-state index in [1.807, 2.05) is 32.9 Å². The Bertz CT molecular complexity index is 459. The van der Waals surface area contributed by atoms with Gasteiger partial charge in [0, 0.05) is 11.6 Å². The van der Waals surface area contributed by atoms with Crippen LogP contribution in [-0.4, -0.2) is 17.7 Å². The Balaban J connectivity index is 3.34. The second kappa shape index (κ2) is 5.53. The van der Waals surface area contributed by atoms with Crippen LogP contribution in [0.25, 0.3) is 5.57 Å². The fraction of sp³-hybridized carbons (Fsp3) is 0.357. The van der Waals surface area contributed by atoms with Crippen molar-refractivity contribution in [2.24, 2.45) is 0 Å². The summed E-state index contributed by atoms with van der Waals surface area (Å²) < 4.78 is 5.59. The second-order valence-electron chi connectivity index (χ2n) is 4.06. The summed E-state index contributed by atoms with van der Waals surface area (Å²) in [7, 11) is 0. The first-order chi connectivity index (χ1) is 7.95. The van der Waals surface area contributed by atoms with Gasteiger partial charge in [0.1, 0.15) is 5.75 Å². The molecule has 3 nitrogen and oxygen atoms in total. The van der Waals surface area contributed by atoms with Gasteiger partial charge < -0.3 is 9.84 Å². The SMILES string of the molecule is CCOc1c(C)cc(C)cc1/C(C)=C/C(=O)O. The van der Waals surface area contributed by atoms with Gasteiger partial charge in [0.15, 0.2) is 0 Å². The molecule has 0 atom stereocenters. The molecule has 1 rings (SSSR count). The van der Waals surface area contributed by atoms with E-state index in [4.69, 9.17) is 9.84 Å². The topological polar surface area (TPSA) is 46.5 Å². The first kappa shape index (κ1) is 13.3. The molecule has 0 saturated carbocycles. The minimum Gasteiger partial charge on any atom is -0.493 e. The number of ether oxygens (including phenoxy) is 1. The average Bonchev–Trinajstić information content (AvgIpc) is 2.20. The highest BCUT2D eigenvalue weighted by atomic mass is 16.5. The molecule has 0 amide bonds. The van der Waals surface area contributed by atoms with Crippen molar-refractivity contribution in [3.63, 3.8) is 0 Å². The molecule has 0 saturated heterocycles. The minimum absolute atomic E-state index is 0.567. The lowest BCUT2D eigenvalue weighted by molar-refractivity contribution is -0.131. The number of carboxylic acid groups (broad SMARTS) is 1. The lowest BCUT2D eigenvalue weighted by atomic mass is 10.00. The molecule has 1 aromatic carbocycles. The average molecular weight is 234 g/mol. The number of hydrogen-bond donors (Lipinski definition) is 1. The Hall–Kier alpha value is -1.77. The predicted molar refractivity (Wildman–Crippen MR) is 68.4 cm³/mol. The summed E-state index contributed by atoms with van der Waals surface area (Å²) >= 11 is 0. The van der Waals surface area contributed by atoms with Gasteiger partial charge in [0.25, 0.3) is 0 Å². The third-order valence-electron chi connectivity index (χ3n) is 2.47. The zero-order chi connectivity index (χ0) is 13.0. The molecule has 1 aromatic rings. The largest absolute Gasteiger partial charge is 0.493 e. The van der Waals surface area contributed by atoms with Gasteiger partial charge in [-0.25, -0.2) is 4.79 Å². The monoisotopic (exact) mass is 234 g/mol. The number of rotatable bonds is 4. The maximum Gasteiger partial charge on any atom is 0.328 e. The molecular weight excluding hydrogens is 216 g/mol. The van der Waals surface area contributed by atoms with E-state index in [1.54, 1.807) is 6.92 Å². The summed E-state index contributed by atoms with van der Waals surface area (Å²) in [6, 6.07) is 3.98. The van der Waals surface area contributed by atoms with E-state index in [2.05, 4.69) is 0 Å². The van der Waals surface area contributed by atoms with E-state index >= 15 is 0 Å². The van der Waals surface area contributed by atoms with Crippen molar-refractivity contribution in [1.29, 1.82) is 0 Å². The number of benzene rings is 1. The molecule has 0 heterocycles. The molecule has 0 fully saturated rings. The molecule has 0 bridgehead atoms. The van der Waals surface area contributed by atoms with Crippen LogP contribution in [0.4, 0.5) is 0 Å². The Morgan fingerprint density at radius 3 is 2.59 bits per heavy atom. The second-order valence-corrected chi connectivity index (χ2v) is 4.06. The summed E-state index contributed by atoms with van der Waals surface area (Å²) in [5.41, 5.74) is 3.68. The van der Waals surface area contributed by atoms with Crippen molar-refractivity contribution in [3.05, 3.63) is 34.9 Å². The molecule has 0 spiro atoms. The maximum atomic E-state index is 10.7. The van der Waals surface area contributed by atoms with E-state index in [0.717, 1.165) is 22.4 Å². The van der Waals surface area contributed by atoms with Crippen molar-refractivity contribution in [3.8, 4) is 5.75 Å². The zero-order valence-electron chi connectivity index (χ0n) is 10.7. The Kier molecular flexibility index (Phi) is 4.32. The van der Waals surface area contributed by atoms with Crippen molar-refractivity contribution in [2.45, 2.75) is 27.7 Å². The van der Waals surface area contributed by atoms with Crippen LogP contribution in [0.1, 0.15) is 30.5 Å². The van der Waals surface area contributed by atoms with Crippen LogP contribution in [-0.2, 0) is 4.79 Å². The fourth-order valence-electron chi connectivity index (χ4n) is 1.85. The van der Waals surface area contributed by atoms with Gasteiger partial charge in [-0.05, 0) is 50.5 Å². The van der Waals surface area contributed by atoms with Crippen LogP contribution in [0.2, 0.25) is 0 Å². The molecule has 17 heavy (non-hydrogen) atoms. The minimum atomic E-state index is -0.941. The van der Waals surface area contributed by atoms with Crippen molar-refractivity contribution in [2.75, 3.05) is 6.61 Å². The van der Waals surface area contributed by atoms with Crippen molar-refractivity contribution >= 4 is 11.5 Å². The normalized spacial score (nSPS) is 11.4. The number of carbonyl (C=O) groups is 1. The molecule has 92 valence electrons. The van der Waals surface area contributed by atoms with Gasteiger partial charge in [-0.1, -0.05) is 6.07 Å². The Morgan fingerprint density at radius 2 is 2.06 bits per heavy atom. The van der Waals surface area contributed by atoms with Crippen LogP contribution in [0.15, 0.2) is 18.2 Å². The Morgan fingerprint density at radius 1 is 1.41 bits per heavy atom. The third kappa shape index (κ3) is 3.34. The van der Waals surface area contributed by atoms with Crippen LogP contribution in [0.5, 0.6) is 5.75 Å². The van der Waals surface area contributed by atoms with Gasteiger partial charge in [0.2, 0.25) is 0 Å².